The van der Waals surface area contributed by atoms with Gasteiger partial charge in [0, 0.05) is 44.8 Å². The number of pyridine rings is 2. The number of aromatic nitrogens is 3. The Labute approximate surface area is 238 Å². The van der Waals surface area contributed by atoms with Crippen molar-refractivity contribution in [2.75, 3.05) is 0 Å². The van der Waals surface area contributed by atoms with Crippen molar-refractivity contribution in [2.45, 2.75) is 75.0 Å². The van der Waals surface area contributed by atoms with Gasteiger partial charge in [0.2, 0.25) is 0 Å². The number of rotatable bonds is 1. The van der Waals surface area contributed by atoms with Gasteiger partial charge in [-0.25, -0.2) is 0 Å². The lowest BCUT2D eigenvalue weighted by Gasteiger charge is -2.38. The smallest absolute Gasteiger partial charge is 0.0728 e. The Morgan fingerprint density at radius 1 is 0.561 bits per heavy atom. The standard InChI is InChI=1S/C38H31N3/c1-2-5-20(6-3-1)26-8-4-7-25-17-27-33-28(18-39-36-23-13-9-21(10-14-23)31(33)36)41-29-19-40-37-24-15-11-22(12-16-24)32(37)34(29)35(30(25)26)38(27)41/h1-8,17-19,21-24H,9-16H2. The van der Waals surface area contributed by atoms with Crippen LogP contribution < -0.4 is 0 Å². The van der Waals surface area contributed by atoms with E-state index < -0.39 is 0 Å². The molecule has 4 aromatic heterocycles. The highest BCUT2D eigenvalue weighted by molar-refractivity contribution is 6.34. The molecule has 0 unspecified atom stereocenters. The molecule has 3 aromatic carbocycles. The van der Waals surface area contributed by atoms with E-state index in [1.807, 2.05) is 0 Å². The van der Waals surface area contributed by atoms with E-state index in [0.717, 1.165) is 0 Å². The van der Waals surface area contributed by atoms with Crippen molar-refractivity contribution in [1.29, 1.82) is 0 Å². The lowest BCUT2D eigenvalue weighted by atomic mass is 9.68. The zero-order valence-corrected chi connectivity index (χ0v) is 23.2. The van der Waals surface area contributed by atoms with E-state index in [2.05, 4.69) is 71.4 Å². The monoisotopic (exact) mass is 529 g/mol. The molecule has 3 nitrogen and oxygen atoms in total. The molecule has 6 aliphatic rings. The molecular formula is C38H31N3. The number of hydrogen-bond acceptors (Lipinski definition) is 2. The van der Waals surface area contributed by atoms with Crippen LogP contribution in [0.15, 0.2) is 67.0 Å². The van der Waals surface area contributed by atoms with Gasteiger partial charge in [0.1, 0.15) is 0 Å². The highest BCUT2D eigenvalue weighted by atomic mass is 14.9. The Balaban J connectivity index is 1.42. The van der Waals surface area contributed by atoms with Crippen LogP contribution in [0.5, 0.6) is 0 Å². The van der Waals surface area contributed by atoms with Gasteiger partial charge in [-0.1, -0.05) is 48.5 Å². The van der Waals surface area contributed by atoms with Crippen molar-refractivity contribution >= 4 is 48.9 Å². The molecule has 0 aliphatic heterocycles. The van der Waals surface area contributed by atoms with E-state index in [0.29, 0.717) is 23.7 Å². The van der Waals surface area contributed by atoms with Gasteiger partial charge in [-0.05, 0) is 102 Å². The summed E-state index contributed by atoms with van der Waals surface area (Å²) in [6.07, 6.45) is 14.9. The maximum absolute atomic E-state index is 5.28. The van der Waals surface area contributed by atoms with Crippen LogP contribution in [0, 0.1) is 0 Å². The Morgan fingerprint density at radius 2 is 1.17 bits per heavy atom. The molecule has 4 bridgehead atoms. The van der Waals surface area contributed by atoms with Gasteiger partial charge >= 0.3 is 0 Å². The minimum atomic E-state index is 0.625. The molecule has 41 heavy (non-hydrogen) atoms. The summed E-state index contributed by atoms with van der Waals surface area (Å²) < 4.78 is 2.58. The van der Waals surface area contributed by atoms with Crippen LogP contribution in [0.4, 0.5) is 0 Å². The van der Waals surface area contributed by atoms with E-state index in [1.54, 1.807) is 11.1 Å². The van der Waals surface area contributed by atoms with E-state index in [1.165, 1.54) is 123 Å². The van der Waals surface area contributed by atoms with Gasteiger partial charge in [-0.2, -0.15) is 0 Å². The summed E-state index contributed by atoms with van der Waals surface area (Å²) in [5.41, 5.74) is 12.6. The highest BCUT2D eigenvalue weighted by Crippen LogP contribution is 2.57. The molecule has 2 saturated carbocycles. The summed E-state index contributed by atoms with van der Waals surface area (Å²) in [4.78, 5) is 10.5. The number of hydrogen-bond donors (Lipinski definition) is 0. The molecule has 2 fully saturated rings. The zero-order chi connectivity index (χ0) is 26.4. The minimum Gasteiger partial charge on any atom is -0.305 e. The average molecular weight is 530 g/mol. The fourth-order valence-electron chi connectivity index (χ4n) is 10.1. The fourth-order valence-corrected chi connectivity index (χ4v) is 10.1. The average Bonchev–Trinajstić information content (AvgIpc) is 3.58. The molecule has 6 aliphatic carbocycles. The van der Waals surface area contributed by atoms with Crippen LogP contribution in [-0.2, 0) is 0 Å². The van der Waals surface area contributed by atoms with Crippen molar-refractivity contribution in [3.8, 4) is 11.1 Å². The van der Waals surface area contributed by atoms with Gasteiger partial charge in [-0.15, -0.1) is 0 Å². The highest BCUT2D eigenvalue weighted by Gasteiger charge is 2.39. The van der Waals surface area contributed by atoms with Crippen molar-refractivity contribution in [2.24, 2.45) is 0 Å². The minimum absolute atomic E-state index is 0.625. The first-order valence-electron chi connectivity index (χ1n) is 15.9. The van der Waals surface area contributed by atoms with E-state index in [4.69, 9.17) is 9.97 Å². The molecular weight excluding hydrogens is 498 g/mol. The van der Waals surface area contributed by atoms with Crippen LogP contribution in [0.2, 0.25) is 0 Å². The third kappa shape index (κ3) is 2.54. The Morgan fingerprint density at radius 3 is 1.85 bits per heavy atom. The van der Waals surface area contributed by atoms with Gasteiger partial charge in [-0.3, -0.25) is 9.97 Å². The predicted molar refractivity (Wildman–Crippen MR) is 168 cm³/mol. The van der Waals surface area contributed by atoms with Gasteiger partial charge < -0.3 is 4.40 Å². The van der Waals surface area contributed by atoms with Crippen molar-refractivity contribution in [3.05, 3.63) is 89.5 Å². The lowest BCUT2D eigenvalue weighted by molar-refractivity contribution is 0.353. The third-order valence-electron chi connectivity index (χ3n) is 11.7. The van der Waals surface area contributed by atoms with Crippen LogP contribution >= 0.6 is 0 Å². The van der Waals surface area contributed by atoms with Crippen LogP contribution in [-0.4, -0.2) is 14.4 Å². The first kappa shape index (κ1) is 21.7. The van der Waals surface area contributed by atoms with E-state index >= 15 is 0 Å². The van der Waals surface area contributed by atoms with E-state index in [-0.39, 0.29) is 0 Å². The summed E-state index contributed by atoms with van der Waals surface area (Å²) in [5.74, 6) is 2.54. The molecule has 0 amide bonds. The van der Waals surface area contributed by atoms with Crippen molar-refractivity contribution in [1.82, 2.24) is 14.4 Å². The first-order valence-corrected chi connectivity index (χ1v) is 15.9. The topological polar surface area (TPSA) is 30.2 Å². The predicted octanol–water partition coefficient (Wildman–Crippen LogP) is 9.96. The molecule has 3 heteroatoms. The normalized spacial score (nSPS) is 24.8. The summed E-state index contributed by atoms with van der Waals surface area (Å²) in [6.45, 7) is 0. The number of fused-ring (bicyclic) bond motifs is 12. The Hall–Kier alpha value is -3.98. The van der Waals surface area contributed by atoms with E-state index in [9.17, 15) is 0 Å². The molecule has 13 rings (SSSR count). The summed E-state index contributed by atoms with van der Waals surface area (Å²) in [5, 5.41) is 8.64. The third-order valence-corrected chi connectivity index (χ3v) is 11.7. The fraction of sp³-hybridized carbons (Fsp3) is 0.316. The van der Waals surface area contributed by atoms with Crippen molar-refractivity contribution in [3.63, 3.8) is 0 Å². The van der Waals surface area contributed by atoms with Gasteiger partial charge in [0.25, 0.3) is 0 Å². The van der Waals surface area contributed by atoms with Gasteiger partial charge in [0.15, 0.2) is 0 Å². The summed E-state index contributed by atoms with van der Waals surface area (Å²) in [7, 11) is 0. The molecule has 0 radical (unpaired) electrons. The zero-order valence-electron chi connectivity index (χ0n) is 23.2. The second-order valence-electron chi connectivity index (χ2n) is 13.5. The number of nitrogens with zero attached hydrogens (tertiary/aromatic N) is 3. The van der Waals surface area contributed by atoms with Gasteiger partial charge in [0.05, 0.1) is 28.9 Å². The maximum Gasteiger partial charge on any atom is 0.0728 e. The molecule has 7 aromatic rings. The molecule has 0 atom stereocenters. The Kier molecular flexibility index (Phi) is 3.95. The quantitative estimate of drug-likeness (QED) is 0.212. The summed E-state index contributed by atoms with van der Waals surface area (Å²) in [6, 6.07) is 20.5. The molecule has 0 saturated heterocycles. The number of benzene rings is 3. The largest absolute Gasteiger partial charge is 0.305 e. The summed E-state index contributed by atoms with van der Waals surface area (Å²) >= 11 is 0. The van der Waals surface area contributed by atoms with Crippen LogP contribution in [0.1, 0.15) is 97.6 Å². The van der Waals surface area contributed by atoms with Crippen molar-refractivity contribution < 1.29 is 0 Å². The molecule has 4 heterocycles. The second kappa shape index (κ2) is 7.45. The Bertz CT molecular complexity index is 2220. The maximum atomic E-state index is 5.28. The second-order valence-corrected chi connectivity index (χ2v) is 13.5. The van der Waals surface area contributed by atoms with Crippen LogP contribution in [0.25, 0.3) is 60.0 Å². The SMILES string of the molecule is c1ccc(-c2cccc3cc4c5c6c(ncc5n5c7cnc8c(c7c(c23)c45)C2CCC8CC2)C2CCC6CC2)cc1. The molecule has 0 N–H and O–H groups in total. The lowest BCUT2D eigenvalue weighted by Crippen LogP contribution is -2.23. The van der Waals surface area contributed by atoms with Crippen LogP contribution in [0.3, 0.4) is 0 Å². The first-order chi connectivity index (χ1) is 20.3. The molecule has 0 spiro atoms. The molecule has 198 valence electrons.